The molecule has 21 heavy (non-hydrogen) atoms. The summed E-state index contributed by atoms with van der Waals surface area (Å²) in [4.78, 5) is 11.7. The molecule has 0 amide bonds. The number of benzene rings is 1. The maximum Gasteiger partial charge on any atom is 0.416 e. The van der Waals surface area contributed by atoms with Gasteiger partial charge in [0, 0.05) is 5.41 Å². The van der Waals surface area contributed by atoms with E-state index in [2.05, 4.69) is 5.32 Å². The number of piperidine rings is 1. The number of carbonyl (C=O) groups excluding carboxylic acids is 1. The normalized spacial score (nSPS) is 18.3. The molecule has 0 spiro atoms. The third-order valence-electron chi connectivity index (χ3n) is 4.07. The van der Waals surface area contributed by atoms with Crippen molar-refractivity contribution in [3.63, 3.8) is 0 Å². The summed E-state index contributed by atoms with van der Waals surface area (Å²) in [6.07, 6.45) is -3.05. The van der Waals surface area contributed by atoms with Crippen LogP contribution >= 0.6 is 0 Å². The van der Waals surface area contributed by atoms with Gasteiger partial charge in [0.1, 0.15) is 0 Å². The van der Waals surface area contributed by atoms with E-state index >= 15 is 0 Å². The Morgan fingerprint density at radius 1 is 1.33 bits per heavy atom. The van der Waals surface area contributed by atoms with Crippen LogP contribution in [0.3, 0.4) is 0 Å². The molecule has 6 heteroatoms. The lowest BCUT2D eigenvalue weighted by Crippen LogP contribution is -2.41. The van der Waals surface area contributed by atoms with Crippen molar-refractivity contribution in [3.8, 4) is 0 Å². The van der Waals surface area contributed by atoms with Crippen LogP contribution in [0, 0.1) is 0 Å². The van der Waals surface area contributed by atoms with Gasteiger partial charge in [0.05, 0.1) is 19.1 Å². The molecule has 0 unspecified atom stereocenters. The molecule has 0 aliphatic carbocycles. The maximum absolute atomic E-state index is 12.9. The van der Waals surface area contributed by atoms with Gasteiger partial charge in [0.2, 0.25) is 0 Å². The number of rotatable bonds is 3. The van der Waals surface area contributed by atoms with Gasteiger partial charge >= 0.3 is 12.1 Å². The molecule has 0 saturated carbocycles. The minimum absolute atomic E-state index is 0.104. The zero-order valence-corrected chi connectivity index (χ0v) is 11.8. The topological polar surface area (TPSA) is 38.3 Å². The Labute approximate surface area is 121 Å². The minimum atomic E-state index is -4.38. The van der Waals surface area contributed by atoms with Crippen LogP contribution in [0.25, 0.3) is 0 Å². The van der Waals surface area contributed by atoms with Gasteiger partial charge in [0.25, 0.3) is 0 Å². The number of methoxy groups -OCH3 is 1. The fraction of sp³-hybridized carbons (Fsp3) is 0.533. The average molecular weight is 301 g/mol. The van der Waals surface area contributed by atoms with E-state index in [1.165, 1.54) is 13.2 Å². The Hall–Kier alpha value is -1.56. The summed E-state index contributed by atoms with van der Waals surface area (Å²) in [5, 5.41) is 3.17. The second-order valence-corrected chi connectivity index (χ2v) is 5.36. The molecular weight excluding hydrogens is 283 g/mol. The SMILES string of the molecule is COC(=O)CC1(c2cccc(C(F)(F)F)c2)CCNCC1. The van der Waals surface area contributed by atoms with Gasteiger partial charge in [-0.3, -0.25) is 4.79 Å². The highest BCUT2D eigenvalue weighted by molar-refractivity contribution is 5.71. The molecular formula is C15H18F3NO2. The van der Waals surface area contributed by atoms with Crippen LogP contribution in [0.1, 0.15) is 30.4 Å². The number of alkyl halides is 3. The van der Waals surface area contributed by atoms with Gasteiger partial charge in [-0.15, -0.1) is 0 Å². The summed E-state index contributed by atoms with van der Waals surface area (Å²) < 4.78 is 43.4. The van der Waals surface area contributed by atoms with Gasteiger partial charge < -0.3 is 10.1 Å². The molecule has 1 aliphatic heterocycles. The highest BCUT2D eigenvalue weighted by Crippen LogP contribution is 2.39. The highest BCUT2D eigenvalue weighted by Gasteiger charge is 2.38. The van der Waals surface area contributed by atoms with Gasteiger partial charge in [-0.1, -0.05) is 18.2 Å². The second-order valence-electron chi connectivity index (χ2n) is 5.36. The number of ether oxygens (including phenoxy) is 1. The Morgan fingerprint density at radius 3 is 2.57 bits per heavy atom. The zero-order chi connectivity index (χ0) is 15.5. The molecule has 1 N–H and O–H groups in total. The molecule has 0 radical (unpaired) electrons. The van der Waals surface area contributed by atoms with Gasteiger partial charge in [-0.05, 0) is 37.6 Å². The third-order valence-corrected chi connectivity index (χ3v) is 4.07. The fourth-order valence-corrected chi connectivity index (χ4v) is 2.85. The number of hydrogen-bond donors (Lipinski definition) is 1. The van der Waals surface area contributed by atoms with Crippen molar-refractivity contribution in [1.82, 2.24) is 5.32 Å². The van der Waals surface area contributed by atoms with E-state index in [-0.39, 0.29) is 6.42 Å². The van der Waals surface area contributed by atoms with E-state index in [0.717, 1.165) is 12.1 Å². The summed E-state index contributed by atoms with van der Waals surface area (Å²) in [5.41, 5.74) is -0.702. The summed E-state index contributed by atoms with van der Waals surface area (Å²) in [6.45, 7) is 1.35. The van der Waals surface area contributed by atoms with Crippen LogP contribution in [-0.2, 0) is 21.1 Å². The fourth-order valence-electron chi connectivity index (χ4n) is 2.85. The average Bonchev–Trinajstić information content (AvgIpc) is 2.47. The predicted octanol–water partition coefficient (Wildman–Crippen LogP) is 2.89. The van der Waals surface area contributed by atoms with Crippen molar-refractivity contribution >= 4 is 5.97 Å². The van der Waals surface area contributed by atoms with E-state index in [1.807, 2.05) is 0 Å². The van der Waals surface area contributed by atoms with E-state index in [0.29, 0.717) is 31.5 Å². The molecule has 116 valence electrons. The van der Waals surface area contributed by atoms with E-state index in [9.17, 15) is 18.0 Å². The molecule has 1 aliphatic rings. The lowest BCUT2D eigenvalue weighted by Gasteiger charge is -2.37. The Balaban J connectivity index is 2.39. The van der Waals surface area contributed by atoms with Crippen LogP contribution in [0.4, 0.5) is 13.2 Å². The first-order valence-electron chi connectivity index (χ1n) is 6.83. The molecule has 1 aromatic carbocycles. The van der Waals surface area contributed by atoms with E-state index in [4.69, 9.17) is 4.74 Å². The van der Waals surface area contributed by atoms with Crippen LogP contribution in [0.2, 0.25) is 0 Å². The minimum Gasteiger partial charge on any atom is -0.469 e. The smallest absolute Gasteiger partial charge is 0.416 e. The standard InChI is InChI=1S/C15H18F3NO2/c1-21-13(20)10-14(5-7-19-8-6-14)11-3-2-4-12(9-11)15(16,17)18/h2-4,9,19H,5-8,10H2,1H3. The van der Waals surface area contributed by atoms with Crippen molar-refractivity contribution in [3.05, 3.63) is 35.4 Å². The van der Waals surface area contributed by atoms with E-state index < -0.39 is 23.1 Å². The Bertz CT molecular complexity index is 508. The molecule has 0 bridgehead atoms. The van der Waals surface area contributed by atoms with Crippen molar-refractivity contribution in [2.45, 2.75) is 30.9 Å². The zero-order valence-electron chi connectivity index (χ0n) is 11.8. The van der Waals surface area contributed by atoms with Gasteiger partial charge in [0.15, 0.2) is 0 Å². The predicted molar refractivity (Wildman–Crippen MR) is 71.9 cm³/mol. The molecule has 0 aromatic heterocycles. The molecule has 1 fully saturated rings. The largest absolute Gasteiger partial charge is 0.469 e. The van der Waals surface area contributed by atoms with Gasteiger partial charge in [-0.25, -0.2) is 0 Å². The van der Waals surface area contributed by atoms with Crippen molar-refractivity contribution in [2.24, 2.45) is 0 Å². The molecule has 1 heterocycles. The Kier molecular flexibility index (Phi) is 4.56. The molecule has 3 nitrogen and oxygen atoms in total. The van der Waals surface area contributed by atoms with Gasteiger partial charge in [-0.2, -0.15) is 13.2 Å². The third kappa shape index (κ3) is 3.56. The van der Waals surface area contributed by atoms with Crippen molar-refractivity contribution in [1.29, 1.82) is 0 Å². The second kappa shape index (κ2) is 6.05. The first kappa shape index (κ1) is 15.8. The van der Waals surface area contributed by atoms with Crippen LogP contribution in [0.15, 0.2) is 24.3 Å². The number of esters is 1. The maximum atomic E-state index is 12.9. The lowest BCUT2D eigenvalue weighted by atomic mass is 9.70. The first-order valence-corrected chi connectivity index (χ1v) is 6.83. The number of nitrogens with one attached hydrogen (secondary N) is 1. The number of hydrogen-bond acceptors (Lipinski definition) is 3. The van der Waals surface area contributed by atoms with Crippen LogP contribution in [-0.4, -0.2) is 26.2 Å². The van der Waals surface area contributed by atoms with Crippen LogP contribution in [0.5, 0.6) is 0 Å². The summed E-state index contributed by atoms with van der Waals surface area (Å²) >= 11 is 0. The van der Waals surface area contributed by atoms with Crippen molar-refractivity contribution in [2.75, 3.05) is 20.2 Å². The number of halogens is 3. The quantitative estimate of drug-likeness (QED) is 0.873. The number of carbonyl (C=O) groups is 1. The highest BCUT2D eigenvalue weighted by atomic mass is 19.4. The summed E-state index contributed by atoms with van der Waals surface area (Å²) in [6, 6.07) is 5.29. The van der Waals surface area contributed by atoms with E-state index in [1.54, 1.807) is 6.07 Å². The Morgan fingerprint density at radius 2 is 2.00 bits per heavy atom. The molecule has 2 rings (SSSR count). The lowest BCUT2D eigenvalue weighted by molar-refractivity contribution is -0.142. The molecule has 1 aromatic rings. The monoisotopic (exact) mass is 301 g/mol. The van der Waals surface area contributed by atoms with Crippen molar-refractivity contribution < 1.29 is 22.7 Å². The first-order chi connectivity index (χ1) is 9.87. The summed E-state index contributed by atoms with van der Waals surface area (Å²) in [5.74, 6) is -0.394. The molecule has 0 atom stereocenters. The summed E-state index contributed by atoms with van der Waals surface area (Å²) in [7, 11) is 1.29. The molecule has 1 saturated heterocycles. The van der Waals surface area contributed by atoms with Crippen LogP contribution < -0.4 is 5.32 Å².